The molecule has 0 amide bonds. The first-order chi connectivity index (χ1) is 6.40. The molecule has 0 bridgehead atoms. The largest absolute Gasteiger partial charge is 0.396 e. The molecule has 0 unspecified atom stereocenters. The summed E-state index contributed by atoms with van der Waals surface area (Å²) in [6, 6.07) is 10.2. The molecule has 1 aliphatic rings. The van der Waals surface area contributed by atoms with Crippen LogP contribution in [0.1, 0.15) is 18.1 Å². The Morgan fingerprint density at radius 3 is 2.69 bits per heavy atom. The minimum absolute atomic E-state index is 0.193. The highest BCUT2D eigenvalue weighted by Crippen LogP contribution is 2.31. The van der Waals surface area contributed by atoms with Crippen molar-refractivity contribution in [3.05, 3.63) is 35.9 Å². The zero-order valence-corrected chi connectivity index (χ0v) is 7.52. The molecule has 2 heteroatoms. The SMILES string of the molecule is OC[C@@H]1CO[C@H](c2ccccc2)C1. The molecule has 2 atom stereocenters. The third kappa shape index (κ3) is 1.90. The van der Waals surface area contributed by atoms with Crippen molar-refractivity contribution in [2.24, 2.45) is 5.92 Å². The Bertz CT molecular complexity index is 258. The quantitative estimate of drug-likeness (QED) is 0.747. The molecule has 0 radical (unpaired) electrons. The van der Waals surface area contributed by atoms with E-state index in [0.29, 0.717) is 12.5 Å². The van der Waals surface area contributed by atoms with E-state index in [9.17, 15) is 0 Å². The van der Waals surface area contributed by atoms with E-state index in [0.717, 1.165) is 6.42 Å². The second-order valence-corrected chi connectivity index (χ2v) is 3.52. The van der Waals surface area contributed by atoms with Crippen LogP contribution in [-0.2, 0) is 4.74 Å². The van der Waals surface area contributed by atoms with Crippen molar-refractivity contribution in [1.82, 2.24) is 0 Å². The van der Waals surface area contributed by atoms with Crippen molar-refractivity contribution < 1.29 is 9.84 Å². The van der Waals surface area contributed by atoms with Crippen molar-refractivity contribution in [2.75, 3.05) is 13.2 Å². The first-order valence-electron chi connectivity index (χ1n) is 4.67. The average molecular weight is 178 g/mol. The molecule has 0 saturated carbocycles. The molecule has 1 heterocycles. The molecule has 0 spiro atoms. The fourth-order valence-electron chi connectivity index (χ4n) is 1.72. The third-order valence-corrected chi connectivity index (χ3v) is 2.51. The standard InChI is InChI=1S/C11H14O2/c12-7-9-6-11(13-8-9)10-4-2-1-3-5-10/h1-5,9,11-12H,6-8H2/t9-,11+/m1/s1. The average Bonchev–Trinajstić information content (AvgIpc) is 2.67. The summed E-state index contributed by atoms with van der Waals surface area (Å²) in [5, 5.41) is 8.95. The molecule has 2 rings (SSSR count). The van der Waals surface area contributed by atoms with E-state index in [-0.39, 0.29) is 12.7 Å². The van der Waals surface area contributed by atoms with Gasteiger partial charge in [-0.25, -0.2) is 0 Å². The number of ether oxygens (including phenoxy) is 1. The second kappa shape index (κ2) is 3.90. The van der Waals surface area contributed by atoms with Gasteiger partial charge in [0, 0.05) is 12.5 Å². The van der Waals surface area contributed by atoms with Crippen LogP contribution in [0.3, 0.4) is 0 Å². The van der Waals surface area contributed by atoms with E-state index in [4.69, 9.17) is 9.84 Å². The maximum Gasteiger partial charge on any atom is 0.0829 e. The summed E-state index contributed by atoms with van der Waals surface area (Å²) in [6.07, 6.45) is 1.14. The van der Waals surface area contributed by atoms with Crippen LogP contribution in [0.4, 0.5) is 0 Å². The maximum absolute atomic E-state index is 8.95. The Kier molecular flexibility index (Phi) is 2.62. The zero-order valence-electron chi connectivity index (χ0n) is 7.52. The number of rotatable bonds is 2. The fourth-order valence-corrected chi connectivity index (χ4v) is 1.72. The molecule has 1 N–H and O–H groups in total. The van der Waals surface area contributed by atoms with Gasteiger partial charge in [0.05, 0.1) is 12.7 Å². The summed E-state index contributed by atoms with van der Waals surface area (Å²) in [5.74, 6) is 0.324. The molecule has 1 fully saturated rings. The number of aliphatic hydroxyl groups is 1. The van der Waals surface area contributed by atoms with Crippen molar-refractivity contribution in [3.8, 4) is 0 Å². The number of aliphatic hydroxyl groups excluding tert-OH is 1. The van der Waals surface area contributed by atoms with Crippen LogP contribution in [0.25, 0.3) is 0 Å². The lowest BCUT2D eigenvalue weighted by molar-refractivity contribution is 0.101. The van der Waals surface area contributed by atoms with Gasteiger partial charge in [-0.2, -0.15) is 0 Å². The molecule has 1 aromatic rings. The maximum atomic E-state index is 8.95. The Morgan fingerprint density at radius 1 is 1.31 bits per heavy atom. The van der Waals surface area contributed by atoms with E-state index < -0.39 is 0 Å². The van der Waals surface area contributed by atoms with Gasteiger partial charge in [0.15, 0.2) is 0 Å². The lowest BCUT2D eigenvalue weighted by atomic mass is 10.0. The summed E-state index contributed by atoms with van der Waals surface area (Å²) >= 11 is 0. The lowest BCUT2D eigenvalue weighted by Crippen LogP contribution is -2.03. The van der Waals surface area contributed by atoms with E-state index in [1.807, 2.05) is 18.2 Å². The highest BCUT2D eigenvalue weighted by atomic mass is 16.5. The Labute approximate surface area is 78.2 Å². The normalized spacial score (nSPS) is 27.8. The number of hydrogen-bond acceptors (Lipinski definition) is 2. The van der Waals surface area contributed by atoms with Crippen molar-refractivity contribution in [1.29, 1.82) is 0 Å². The Balaban J connectivity index is 2.04. The second-order valence-electron chi connectivity index (χ2n) is 3.52. The summed E-state index contributed by atoms with van der Waals surface area (Å²) in [5.41, 5.74) is 1.22. The molecule has 2 nitrogen and oxygen atoms in total. The molecule has 1 aliphatic heterocycles. The van der Waals surface area contributed by atoms with E-state index >= 15 is 0 Å². The summed E-state index contributed by atoms with van der Waals surface area (Å²) in [6.45, 7) is 0.930. The van der Waals surface area contributed by atoms with Crippen LogP contribution >= 0.6 is 0 Å². The molecule has 0 aromatic heterocycles. The van der Waals surface area contributed by atoms with Crippen LogP contribution in [0, 0.1) is 5.92 Å². The molecule has 1 saturated heterocycles. The van der Waals surface area contributed by atoms with Crippen molar-refractivity contribution in [3.63, 3.8) is 0 Å². The number of hydrogen-bond donors (Lipinski definition) is 1. The van der Waals surface area contributed by atoms with Gasteiger partial charge in [-0.05, 0) is 12.0 Å². The summed E-state index contributed by atoms with van der Waals surface area (Å²) < 4.78 is 5.58. The number of benzene rings is 1. The van der Waals surface area contributed by atoms with Gasteiger partial charge < -0.3 is 9.84 Å². The Hall–Kier alpha value is -0.860. The summed E-state index contributed by atoms with van der Waals surface area (Å²) in [7, 11) is 0. The predicted octanol–water partition coefficient (Wildman–Crippen LogP) is 1.76. The van der Waals surface area contributed by atoms with Crippen molar-refractivity contribution >= 4 is 0 Å². The first-order valence-corrected chi connectivity index (χ1v) is 4.67. The zero-order chi connectivity index (χ0) is 9.10. The van der Waals surface area contributed by atoms with Gasteiger partial charge in [0.2, 0.25) is 0 Å². The third-order valence-electron chi connectivity index (χ3n) is 2.51. The van der Waals surface area contributed by atoms with Gasteiger partial charge in [0.1, 0.15) is 0 Å². The van der Waals surface area contributed by atoms with Crippen LogP contribution in [-0.4, -0.2) is 18.3 Å². The molecule has 13 heavy (non-hydrogen) atoms. The molecular formula is C11H14O2. The molecule has 1 aromatic carbocycles. The first kappa shape index (κ1) is 8.73. The fraction of sp³-hybridized carbons (Fsp3) is 0.455. The van der Waals surface area contributed by atoms with E-state index in [2.05, 4.69) is 12.1 Å². The predicted molar refractivity (Wildman–Crippen MR) is 50.3 cm³/mol. The van der Waals surface area contributed by atoms with Crippen LogP contribution in [0.15, 0.2) is 30.3 Å². The minimum atomic E-state index is 0.193. The highest BCUT2D eigenvalue weighted by Gasteiger charge is 2.25. The summed E-state index contributed by atoms with van der Waals surface area (Å²) in [4.78, 5) is 0. The van der Waals surface area contributed by atoms with Crippen molar-refractivity contribution in [2.45, 2.75) is 12.5 Å². The minimum Gasteiger partial charge on any atom is -0.396 e. The van der Waals surface area contributed by atoms with Crippen LogP contribution < -0.4 is 0 Å². The monoisotopic (exact) mass is 178 g/mol. The van der Waals surface area contributed by atoms with Gasteiger partial charge in [0.25, 0.3) is 0 Å². The van der Waals surface area contributed by atoms with Crippen LogP contribution in [0.5, 0.6) is 0 Å². The van der Waals surface area contributed by atoms with Crippen LogP contribution in [0.2, 0.25) is 0 Å². The highest BCUT2D eigenvalue weighted by molar-refractivity contribution is 5.18. The molecule has 70 valence electrons. The topological polar surface area (TPSA) is 29.5 Å². The smallest absolute Gasteiger partial charge is 0.0829 e. The molecule has 0 aliphatic carbocycles. The van der Waals surface area contributed by atoms with E-state index in [1.54, 1.807) is 0 Å². The Morgan fingerprint density at radius 2 is 2.08 bits per heavy atom. The van der Waals surface area contributed by atoms with E-state index in [1.165, 1.54) is 5.56 Å². The van der Waals surface area contributed by atoms with Gasteiger partial charge in [-0.15, -0.1) is 0 Å². The van der Waals surface area contributed by atoms with Gasteiger partial charge in [-0.3, -0.25) is 0 Å². The van der Waals surface area contributed by atoms with Gasteiger partial charge >= 0.3 is 0 Å². The lowest BCUT2D eigenvalue weighted by Gasteiger charge is -2.08. The molecular weight excluding hydrogens is 164 g/mol. The van der Waals surface area contributed by atoms with Gasteiger partial charge in [-0.1, -0.05) is 30.3 Å².